The van der Waals surface area contributed by atoms with Crippen LogP contribution in [-0.4, -0.2) is 32.5 Å². The summed E-state index contributed by atoms with van der Waals surface area (Å²) in [5, 5.41) is 12.6. The first-order valence-electron chi connectivity index (χ1n) is 6.25. The molecule has 0 aliphatic heterocycles. The minimum absolute atomic E-state index is 0.142. The van der Waals surface area contributed by atoms with Gasteiger partial charge in [-0.3, -0.25) is 0 Å². The first-order valence-corrected chi connectivity index (χ1v) is 6.25. The first kappa shape index (κ1) is 13.2. The molecule has 4 heteroatoms. The van der Waals surface area contributed by atoms with Gasteiger partial charge in [-0.15, -0.1) is 0 Å². The summed E-state index contributed by atoms with van der Waals surface area (Å²) in [6.45, 7) is 1.90. The van der Waals surface area contributed by atoms with E-state index >= 15 is 0 Å². The molecule has 1 aliphatic carbocycles. The molecule has 1 fully saturated rings. The summed E-state index contributed by atoms with van der Waals surface area (Å²) in [7, 11) is 3.30. The number of aliphatic hydroxyl groups is 1. The summed E-state index contributed by atoms with van der Waals surface area (Å²) in [6, 6.07) is 5.85. The van der Waals surface area contributed by atoms with E-state index in [-0.39, 0.29) is 12.0 Å². The van der Waals surface area contributed by atoms with Crippen LogP contribution in [0.5, 0.6) is 11.5 Å². The topological polar surface area (TPSA) is 50.7 Å². The van der Waals surface area contributed by atoms with Crippen LogP contribution in [0.1, 0.15) is 18.4 Å². The van der Waals surface area contributed by atoms with E-state index in [0.717, 1.165) is 43.0 Å². The first-order chi connectivity index (χ1) is 8.71. The molecule has 0 atom stereocenters. The quantitative estimate of drug-likeness (QED) is 0.772. The maximum absolute atomic E-state index is 9.24. The molecule has 0 aromatic heterocycles. The number of hydrogen-bond acceptors (Lipinski definition) is 4. The Kier molecular flexibility index (Phi) is 4.09. The molecule has 2 N–H and O–H groups in total. The lowest BCUT2D eigenvalue weighted by atomic mass is 10.1. The molecule has 1 saturated carbocycles. The van der Waals surface area contributed by atoms with Gasteiger partial charge in [0, 0.05) is 31.2 Å². The lowest BCUT2D eigenvalue weighted by Gasteiger charge is -2.13. The average Bonchev–Trinajstić information content (AvgIpc) is 3.19. The number of benzene rings is 1. The average molecular weight is 251 g/mol. The fraction of sp³-hybridized carbons (Fsp3) is 0.571. The molecule has 0 heterocycles. The Bertz CT molecular complexity index is 380. The van der Waals surface area contributed by atoms with Crippen LogP contribution in [0.25, 0.3) is 0 Å². The normalized spacial score (nSPS) is 16.4. The summed E-state index contributed by atoms with van der Waals surface area (Å²) in [5.41, 5.74) is 1.27. The third-order valence-corrected chi connectivity index (χ3v) is 3.53. The van der Waals surface area contributed by atoms with E-state index in [2.05, 4.69) is 5.32 Å². The van der Waals surface area contributed by atoms with E-state index < -0.39 is 0 Å². The fourth-order valence-electron chi connectivity index (χ4n) is 2.01. The summed E-state index contributed by atoms with van der Waals surface area (Å²) >= 11 is 0. The molecule has 0 spiro atoms. The standard InChI is InChI=1S/C14H21NO3/c1-17-12-5-11(6-13(7-12)18-2)8-15-9-14(10-16)3-4-14/h5-7,15-16H,3-4,8-10H2,1-2H3. The predicted octanol–water partition coefficient (Wildman–Crippen LogP) is 1.57. The van der Waals surface area contributed by atoms with Crippen molar-refractivity contribution in [1.29, 1.82) is 0 Å². The number of methoxy groups -OCH3 is 2. The second-order valence-electron chi connectivity index (χ2n) is 4.98. The van der Waals surface area contributed by atoms with Crippen molar-refractivity contribution in [1.82, 2.24) is 5.32 Å². The molecule has 0 bridgehead atoms. The molecule has 0 radical (unpaired) electrons. The van der Waals surface area contributed by atoms with E-state index in [1.165, 1.54) is 0 Å². The smallest absolute Gasteiger partial charge is 0.122 e. The number of nitrogens with one attached hydrogen (secondary N) is 1. The minimum Gasteiger partial charge on any atom is -0.497 e. The van der Waals surface area contributed by atoms with Gasteiger partial charge < -0.3 is 19.9 Å². The Hall–Kier alpha value is -1.26. The minimum atomic E-state index is 0.142. The Morgan fingerprint density at radius 2 is 1.78 bits per heavy atom. The number of aliphatic hydroxyl groups excluding tert-OH is 1. The molecule has 1 aromatic rings. The van der Waals surface area contributed by atoms with Gasteiger partial charge in [0.25, 0.3) is 0 Å². The van der Waals surface area contributed by atoms with Crippen LogP contribution in [0.2, 0.25) is 0 Å². The van der Waals surface area contributed by atoms with Gasteiger partial charge in [0.1, 0.15) is 11.5 Å². The Morgan fingerprint density at radius 3 is 2.22 bits per heavy atom. The third kappa shape index (κ3) is 3.15. The van der Waals surface area contributed by atoms with Crippen LogP contribution in [-0.2, 0) is 6.54 Å². The van der Waals surface area contributed by atoms with Gasteiger partial charge in [0.2, 0.25) is 0 Å². The number of ether oxygens (including phenoxy) is 2. The van der Waals surface area contributed by atoms with Crippen molar-refractivity contribution in [2.24, 2.45) is 5.41 Å². The van der Waals surface area contributed by atoms with Gasteiger partial charge in [-0.2, -0.15) is 0 Å². The van der Waals surface area contributed by atoms with Crippen molar-refractivity contribution in [2.75, 3.05) is 27.4 Å². The van der Waals surface area contributed by atoms with E-state index in [4.69, 9.17) is 9.47 Å². The van der Waals surface area contributed by atoms with Gasteiger partial charge in [-0.25, -0.2) is 0 Å². The molecular formula is C14H21NO3. The zero-order chi connectivity index (χ0) is 13.0. The van der Waals surface area contributed by atoms with Crippen LogP contribution < -0.4 is 14.8 Å². The molecular weight excluding hydrogens is 230 g/mol. The second-order valence-corrected chi connectivity index (χ2v) is 4.98. The van der Waals surface area contributed by atoms with Gasteiger partial charge in [-0.05, 0) is 30.5 Å². The van der Waals surface area contributed by atoms with Gasteiger partial charge in [0.15, 0.2) is 0 Å². The maximum Gasteiger partial charge on any atom is 0.122 e. The van der Waals surface area contributed by atoms with Crippen LogP contribution in [0, 0.1) is 5.41 Å². The van der Waals surface area contributed by atoms with Crippen molar-refractivity contribution < 1.29 is 14.6 Å². The lowest BCUT2D eigenvalue weighted by molar-refractivity contribution is 0.207. The van der Waals surface area contributed by atoms with Crippen molar-refractivity contribution in [3.8, 4) is 11.5 Å². The zero-order valence-corrected chi connectivity index (χ0v) is 11.0. The predicted molar refractivity (Wildman–Crippen MR) is 70.0 cm³/mol. The summed E-state index contributed by atoms with van der Waals surface area (Å²) in [6.07, 6.45) is 2.25. The van der Waals surface area contributed by atoms with Crippen LogP contribution >= 0.6 is 0 Å². The molecule has 100 valence electrons. The highest BCUT2D eigenvalue weighted by Crippen LogP contribution is 2.44. The van der Waals surface area contributed by atoms with E-state index in [9.17, 15) is 5.11 Å². The molecule has 0 saturated heterocycles. The fourth-order valence-corrected chi connectivity index (χ4v) is 2.01. The third-order valence-electron chi connectivity index (χ3n) is 3.53. The van der Waals surface area contributed by atoms with Crippen LogP contribution in [0.3, 0.4) is 0 Å². The van der Waals surface area contributed by atoms with E-state index in [0.29, 0.717) is 0 Å². The summed E-state index contributed by atoms with van der Waals surface area (Å²) in [4.78, 5) is 0. The Morgan fingerprint density at radius 1 is 1.17 bits per heavy atom. The SMILES string of the molecule is COc1cc(CNCC2(CO)CC2)cc(OC)c1. The molecule has 4 nitrogen and oxygen atoms in total. The van der Waals surface area contributed by atoms with Crippen LogP contribution in [0.15, 0.2) is 18.2 Å². The molecule has 1 aromatic carbocycles. The summed E-state index contributed by atoms with van der Waals surface area (Å²) in [5.74, 6) is 1.60. The van der Waals surface area contributed by atoms with Crippen molar-refractivity contribution in [3.05, 3.63) is 23.8 Å². The van der Waals surface area contributed by atoms with Gasteiger partial charge in [0.05, 0.1) is 14.2 Å². The van der Waals surface area contributed by atoms with Crippen LogP contribution in [0.4, 0.5) is 0 Å². The molecule has 0 unspecified atom stereocenters. The number of hydrogen-bond donors (Lipinski definition) is 2. The Labute approximate surface area is 108 Å². The summed E-state index contributed by atoms with van der Waals surface area (Å²) < 4.78 is 10.5. The highest BCUT2D eigenvalue weighted by atomic mass is 16.5. The van der Waals surface area contributed by atoms with Crippen molar-refractivity contribution in [3.63, 3.8) is 0 Å². The molecule has 2 rings (SSSR count). The largest absolute Gasteiger partial charge is 0.497 e. The second kappa shape index (κ2) is 5.59. The highest BCUT2D eigenvalue weighted by molar-refractivity contribution is 5.38. The monoisotopic (exact) mass is 251 g/mol. The highest BCUT2D eigenvalue weighted by Gasteiger charge is 2.41. The maximum atomic E-state index is 9.24. The Balaban J connectivity index is 1.92. The van der Waals surface area contributed by atoms with Gasteiger partial charge in [-0.1, -0.05) is 0 Å². The van der Waals surface area contributed by atoms with Crippen molar-refractivity contribution in [2.45, 2.75) is 19.4 Å². The molecule has 18 heavy (non-hydrogen) atoms. The molecule has 1 aliphatic rings. The lowest BCUT2D eigenvalue weighted by Crippen LogP contribution is -2.26. The van der Waals surface area contributed by atoms with Gasteiger partial charge >= 0.3 is 0 Å². The van der Waals surface area contributed by atoms with E-state index in [1.807, 2.05) is 18.2 Å². The number of rotatable bonds is 7. The molecule has 0 amide bonds. The van der Waals surface area contributed by atoms with E-state index in [1.54, 1.807) is 14.2 Å². The zero-order valence-electron chi connectivity index (χ0n) is 11.0. The van der Waals surface area contributed by atoms with Crippen molar-refractivity contribution >= 4 is 0 Å².